The molecule has 0 atom stereocenters. The second-order valence-corrected chi connectivity index (χ2v) is 7.39. The van der Waals surface area contributed by atoms with Gasteiger partial charge in [-0.05, 0) is 43.4 Å². The fourth-order valence-corrected chi connectivity index (χ4v) is 3.40. The zero-order valence-electron chi connectivity index (χ0n) is 14.4. The van der Waals surface area contributed by atoms with E-state index in [1.54, 1.807) is 22.5 Å². The summed E-state index contributed by atoms with van der Waals surface area (Å²) in [7, 11) is 1.81. The number of aromatic nitrogens is 2. The normalized spacial score (nSPS) is 10.7. The highest BCUT2D eigenvalue weighted by atomic mass is 35.5. The summed E-state index contributed by atoms with van der Waals surface area (Å²) in [5, 5.41) is 7.14. The number of thiocarbonyl (C=S) groups is 1. The van der Waals surface area contributed by atoms with E-state index in [0.29, 0.717) is 26.4 Å². The van der Waals surface area contributed by atoms with Gasteiger partial charge in [-0.15, -0.1) is 0 Å². The lowest BCUT2D eigenvalue weighted by Gasteiger charge is -2.12. The molecule has 0 aliphatic carbocycles. The first-order valence-corrected chi connectivity index (χ1v) is 9.40. The summed E-state index contributed by atoms with van der Waals surface area (Å²) in [6.45, 7) is 1.83. The van der Waals surface area contributed by atoms with E-state index in [2.05, 4.69) is 10.6 Å². The number of hydrogen-bond donors (Lipinski definition) is 2. The van der Waals surface area contributed by atoms with Gasteiger partial charge in [0.15, 0.2) is 5.11 Å². The molecule has 0 aliphatic heterocycles. The van der Waals surface area contributed by atoms with E-state index in [1.165, 1.54) is 6.07 Å². The van der Waals surface area contributed by atoms with E-state index in [9.17, 15) is 4.79 Å². The van der Waals surface area contributed by atoms with Gasteiger partial charge in [-0.1, -0.05) is 53.0 Å². The van der Waals surface area contributed by atoms with Crippen molar-refractivity contribution in [3.63, 3.8) is 0 Å². The molecule has 140 valence electrons. The number of anilines is 2. The molecule has 9 heteroatoms. The molecule has 3 rings (SSSR count). The molecule has 0 fully saturated rings. The van der Waals surface area contributed by atoms with Crippen LogP contribution in [0.3, 0.4) is 0 Å². The molecule has 1 heterocycles. The lowest BCUT2D eigenvalue weighted by molar-refractivity contribution is 0.630. The molecule has 0 saturated carbocycles. The molecule has 0 radical (unpaired) electrons. The summed E-state index contributed by atoms with van der Waals surface area (Å²) >= 11 is 23.4. The minimum Gasteiger partial charge on any atom is -0.331 e. The van der Waals surface area contributed by atoms with Gasteiger partial charge in [0.1, 0.15) is 5.69 Å². The SMILES string of the molecule is Cc1c(NC(=S)Nc2cc(Cl)c(Cl)cc2Cl)c(=O)n(-c2ccccc2)n1C. The Morgan fingerprint density at radius 3 is 2.30 bits per heavy atom. The Kier molecular flexibility index (Phi) is 5.81. The Labute approximate surface area is 176 Å². The standard InChI is InChI=1S/C18H15Cl3N4OS/c1-10-16(17(26)25(24(10)2)11-6-4-3-5-7-11)23-18(27)22-15-9-13(20)12(19)8-14(15)21/h3-9H,1-2H3,(H2,22,23,27). The van der Waals surface area contributed by atoms with Crippen molar-refractivity contribution in [3.8, 4) is 5.69 Å². The molecule has 2 aromatic carbocycles. The first-order chi connectivity index (χ1) is 12.8. The van der Waals surface area contributed by atoms with E-state index in [-0.39, 0.29) is 10.7 Å². The van der Waals surface area contributed by atoms with Gasteiger partial charge in [0.25, 0.3) is 5.56 Å². The van der Waals surface area contributed by atoms with Crippen LogP contribution in [0.4, 0.5) is 11.4 Å². The quantitative estimate of drug-likeness (QED) is 0.430. The molecular weight excluding hydrogens is 427 g/mol. The summed E-state index contributed by atoms with van der Waals surface area (Å²) in [6.07, 6.45) is 0. The average molecular weight is 442 g/mol. The van der Waals surface area contributed by atoms with Crippen molar-refractivity contribution < 1.29 is 0 Å². The van der Waals surface area contributed by atoms with Crippen molar-refractivity contribution in [3.05, 3.63) is 73.6 Å². The first kappa shape index (κ1) is 19.8. The third kappa shape index (κ3) is 3.99. The average Bonchev–Trinajstić information content (AvgIpc) is 2.84. The molecular formula is C18H15Cl3N4OS. The van der Waals surface area contributed by atoms with Crippen LogP contribution in [0.1, 0.15) is 5.69 Å². The second kappa shape index (κ2) is 7.94. The summed E-state index contributed by atoms with van der Waals surface area (Å²) in [6, 6.07) is 12.4. The van der Waals surface area contributed by atoms with E-state index in [4.69, 9.17) is 47.0 Å². The summed E-state index contributed by atoms with van der Waals surface area (Å²) in [5.41, 5.74) is 2.13. The third-order valence-electron chi connectivity index (χ3n) is 4.05. The monoisotopic (exact) mass is 440 g/mol. The highest BCUT2D eigenvalue weighted by Gasteiger charge is 2.17. The third-order valence-corrected chi connectivity index (χ3v) is 5.29. The summed E-state index contributed by atoms with van der Waals surface area (Å²) in [5.74, 6) is 0. The zero-order chi connectivity index (χ0) is 19.7. The van der Waals surface area contributed by atoms with Crippen molar-refractivity contribution in [2.24, 2.45) is 7.05 Å². The van der Waals surface area contributed by atoms with Crippen LogP contribution in [-0.2, 0) is 7.05 Å². The van der Waals surface area contributed by atoms with Crippen LogP contribution in [0.5, 0.6) is 0 Å². The fourth-order valence-electron chi connectivity index (χ4n) is 2.60. The van der Waals surface area contributed by atoms with Gasteiger partial charge in [-0.25, -0.2) is 4.68 Å². The number of halogens is 3. The van der Waals surface area contributed by atoms with Crippen molar-refractivity contribution in [1.29, 1.82) is 0 Å². The van der Waals surface area contributed by atoms with Crippen LogP contribution < -0.4 is 16.2 Å². The second-order valence-electron chi connectivity index (χ2n) is 5.76. The van der Waals surface area contributed by atoms with Crippen LogP contribution in [0.15, 0.2) is 47.3 Å². The largest absolute Gasteiger partial charge is 0.331 e. The van der Waals surface area contributed by atoms with E-state index < -0.39 is 0 Å². The van der Waals surface area contributed by atoms with Gasteiger partial charge >= 0.3 is 0 Å². The Hall–Kier alpha value is -1.99. The molecule has 0 bridgehead atoms. The van der Waals surface area contributed by atoms with Crippen LogP contribution >= 0.6 is 47.0 Å². The molecule has 0 aliphatic rings. The maximum absolute atomic E-state index is 12.9. The minimum absolute atomic E-state index is 0.210. The van der Waals surface area contributed by atoms with Gasteiger partial charge < -0.3 is 10.6 Å². The zero-order valence-corrected chi connectivity index (χ0v) is 17.5. The van der Waals surface area contributed by atoms with Crippen molar-refractivity contribution in [2.75, 3.05) is 10.6 Å². The molecule has 5 nitrogen and oxygen atoms in total. The maximum Gasteiger partial charge on any atom is 0.295 e. The van der Waals surface area contributed by atoms with E-state index in [0.717, 1.165) is 11.4 Å². The number of benzene rings is 2. The Balaban J connectivity index is 1.89. The van der Waals surface area contributed by atoms with Gasteiger partial charge in [0.05, 0.1) is 32.1 Å². The van der Waals surface area contributed by atoms with E-state index >= 15 is 0 Å². The molecule has 1 aromatic heterocycles. The van der Waals surface area contributed by atoms with Gasteiger partial charge in [0.2, 0.25) is 0 Å². The van der Waals surface area contributed by atoms with Crippen molar-refractivity contribution in [2.45, 2.75) is 6.92 Å². The number of para-hydroxylation sites is 1. The highest BCUT2D eigenvalue weighted by molar-refractivity contribution is 7.80. The lowest BCUT2D eigenvalue weighted by Crippen LogP contribution is -2.25. The van der Waals surface area contributed by atoms with Crippen molar-refractivity contribution in [1.82, 2.24) is 9.36 Å². The highest BCUT2D eigenvalue weighted by Crippen LogP contribution is 2.32. The summed E-state index contributed by atoms with van der Waals surface area (Å²) in [4.78, 5) is 12.9. The first-order valence-electron chi connectivity index (χ1n) is 7.86. The van der Waals surface area contributed by atoms with Gasteiger partial charge in [-0.2, -0.15) is 0 Å². The lowest BCUT2D eigenvalue weighted by atomic mass is 10.3. The Morgan fingerprint density at radius 2 is 1.63 bits per heavy atom. The number of nitrogens with one attached hydrogen (secondary N) is 2. The Bertz CT molecular complexity index is 1080. The number of rotatable bonds is 3. The Morgan fingerprint density at radius 1 is 1.00 bits per heavy atom. The topological polar surface area (TPSA) is 51.0 Å². The predicted molar refractivity (Wildman–Crippen MR) is 117 cm³/mol. The maximum atomic E-state index is 12.9. The minimum atomic E-state index is -0.217. The predicted octanol–water partition coefficient (Wildman–Crippen LogP) is 5.25. The van der Waals surface area contributed by atoms with Crippen molar-refractivity contribution >= 4 is 63.5 Å². The number of nitrogens with zero attached hydrogens (tertiary/aromatic N) is 2. The number of hydrogen-bond acceptors (Lipinski definition) is 2. The van der Waals surface area contributed by atoms with Crippen LogP contribution in [0.25, 0.3) is 5.69 Å². The molecule has 3 aromatic rings. The van der Waals surface area contributed by atoms with Crippen LogP contribution in [0, 0.1) is 6.92 Å². The molecule has 0 saturated heterocycles. The molecule has 0 unspecified atom stereocenters. The fraction of sp³-hybridized carbons (Fsp3) is 0.111. The molecule has 0 amide bonds. The van der Waals surface area contributed by atoms with Crippen LogP contribution in [-0.4, -0.2) is 14.5 Å². The van der Waals surface area contributed by atoms with Gasteiger partial charge in [0, 0.05) is 7.05 Å². The summed E-state index contributed by atoms with van der Waals surface area (Å²) < 4.78 is 3.32. The molecule has 27 heavy (non-hydrogen) atoms. The molecule has 2 N–H and O–H groups in total. The van der Waals surface area contributed by atoms with E-state index in [1.807, 2.05) is 37.3 Å². The molecule has 0 spiro atoms. The smallest absolute Gasteiger partial charge is 0.295 e. The van der Waals surface area contributed by atoms with Gasteiger partial charge in [-0.3, -0.25) is 9.48 Å². The van der Waals surface area contributed by atoms with Crippen LogP contribution in [0.2, 0.25) is 15.1 Å².